The summed E-state index contributed by atoms with van der Waals surface area (Å²) < 4.78 is 69.7. The van der Waals surface area contributed by atoms with Crippen molar-refractivity contribution in [3.8, 4) is 5.75 Å². The molecule has 0 aliphatic heterocycles. The molecular weight excluding hydrogens is 481 g/mol. The van der Waals surface area contributed by atoms with Gasteiger partial charge in [-0.3, -0.25) is 9.10 Å². The summed E-state index contributed by atoms with van der Waals surface area (Å²) in [5.74, 6) is 0.103. The number of rotatable bonds is 10. The van der Waals surface area contributed by atoms with Crippen LogP contribution in [0.5, 0.6) is 5.75 Å². The summed E-state index contributed by atoms with van der Waals surface area (Å²) in [5, 5.41) is 2.38. The first-order chi connectivity index (χ1) is 15.3. The normalized spacial score (nSPS) is 12.0. The van der Waals surface area contributed by atoms with E-state index in [9.17, 15) is 26.4 Å². The van der Waals surface area contributed by atoms with E-state index in [0.717, 1.165) is 29.7 Å². The van der Waals surface area contributed by atoms with Gasteiger partial charge in [-0.25, -0.2) is 8.42 Å². The molecule has 0 unspecified atom stereocenters. The Morgan fingerprint density at radius 2 is 1.79 bits per heavy atom. The molecule has 0 aliphatic rings. The Kier molecular flexibility index (Phi) is 9.02. The van der Waals surface area contributed by atoms with Crippen molar-refractivity contribution in [1.82, 2.24) is 5.32 Å². The van der Waals surface area contributed by atoms with Gasteiger partial charge in [-0.05, 0) is 62.6 Å². The van der Waals surface area contributed by atoms with Crippen LogP contribution >= 0.6 is 11.6 Å². The number of hydrogen-bond donors (Lipinski definition) is 1. The van der Waals surface area contributed by atoms with Crippen molar-refractivity contribution in [1.29, 1.82) is 0 Å². The van der Waals surface area contributed by atoms with Crippen LogP contribution in [0, 0.1) is 0 Å². The molecule has 1 N–H and O–H groups in total. The highest BCUT2D eigenvalue weighted by Gasteiger charge is 2.33. The Hall–Kier alpha value is -2.46. The molecule has 0 bridgehead atoms. The number of aryl methyl sites for hydroxylation is 1. The molecule has 0 spiro atoms. The molecule has 0 radical (unpaired) electrons. The van der Waals surface area contributed by atoms with Gasteiger partial charge in [-0.15, -0.1) is 0 Å². The van der Waals surface area contributed by atoms with E-state index in [2.05, 4.69) is 5.32 Å². The Labute approximate surface area is 196 Å². The van der Waals surface area contributed by atoms with Gasteiger partial charge < -0.3 is 10.1 Å². The molecule has 6 nitrogen and oxygen atoms in total. The highest BCUT2D eigenvalue weighted by Crippen LogP contribution is 2.36. The van der Waals surface area contributed by atoms with E-state index < -0.39 is 39.9 Å². The Morgan fingerprint density at radius 3 is 2.33 bits per heavy atom. The third-order valence-corrected chi connectivity index (χ3v) is 5.94. The number of alkyl halides is 3. The molecule has 33 heavy (non-hydrogen) atoms. The van der Waals surface area contributed by atoms with E-state index in [0.29, 0.717) is 23.2 Å². The maximum Gasteiger partial charge on any atom is 0.416 e. The number of carbonyl (C=O) groups excluding carboxylic acids is 1. The molecular formula is C22H26ClF3N2O4S. The predicted octanol–water partition coefficient (Wildman–Crippen LogP) is 4.66. The van der Waals surface area contributed by atoms with Crippen molar-refractivity contribution in [3.05, 3.63) is 58.6 Å². The topological polar surface area (TPSA) is 75.7 Å². The average molecular weight is 507 g/mol. The monoisotopic (exact) mass is 506 g/mol. The van der Waals surface area contributed by atoms with Crippen LogP contribution in [0.15, 0.2) is 42.5 Å². The van der Waals surface area contributed by atoms with Crippen LogP contribution in [0.1, 0.15) is 31.4 Å². The lowest BCUT2D eigenvalue weighted by Crippen LogP contribution is -2.41. The number of anilines is 1. The van der Waals surface area contributed by atoms with Gasteiger partial charge in [-0.1, -0.05) is 23.7 Å². The Balaban J connectivity index is 1.98. The number of amides is 1. The second-order valence-corrected chi connectivity index (χ2v) is 10.0. The molecule has 11 heteroatoms. The van der Waals surface area contributed by atoms with Gasteiger partial charge >= 0.3 is 6.18 Å². The molecule has 182 valence electrons. The lowest BCUT2D eigenvalue weighted by atomic mass is 10.1. The minimum Gasteiger partial charge on any atom is -0.491 e. The molecule has 0 aromatic heterocycles. The molecule has 2 rings (SSSR count). The zero-order chi connectivity index (χ0) is 24.8. The van der Waals surface area contributed by atoms with E-state index in [-0.39, 0.29) is 17.7 Å². The van der Waals surface area contributed by atoms with Crippen molar-refractivity contribution >= 4 is 33.2 Å². The summed E-state index contributed by atoms with van der Waals surface area (Å²) in [6, 6.07) is 9.86. The molecule has 0 aliphatic carbocycles. The number of benzene rings is 2. The van der Waals surface area contributed by atoms with Crippen molar-refractivity contribution in [2.45, 2.75) is 39.0 Å². The number of halogens is 4. The average Bonchev–Trinajstić information content (AvgIpc) is 2.69. The number of ether oxygens (including phenoxy) is 1. The lowest BCUT2D eigenvalue weighted by Gasteiger charge is -2.24. The van der Waals surface area contributed by atoms with Crippen LogP contribution in [0.3, 0.4) is 0 Å². The number of sulfonamides is 1. The van der Waals surface area contributed by atoms with Crippen LogP contribution in [0.25, 0.3) is 0 Å². The largest absolute Gasteiger partial charge is 0.491 e. The van der Waals surface area contributed by atoms with E-state index in [1.54, 1.807) is 0 Å². The van der Waals surface area contributed by atoms with Crippen LogP contribution in [0.4, 0.5) is 18.9 Å². The predicted molar refractivity (Wildman–Crippen MR) is 122 cm³/mol. The third kappa shape index (κ3) is 8.43. The molecule has 2 aromatic carbocycles. The fourth-order valence-electron chi connectivity index (χ4n) is 2.97. The highest BCUT2D eigenvalue weighted by atomic mass is 35.5. The molecule has 0 atom stereocenters. The molecule has 2 aromatic rings. The Morgan fingerprint density at radius 1 is 1.15 bits per heavy atom. The van der Waals surface area contributed by atoms with E-state index >= 15 is 0 Å². The summed E-state index contributed by atoms with van der Waals surface area (Å²) in [6.07, 6.45) is -2.58. The minimum absolute atomic E-state index is 0.0726. The third-order valence-electron chi connectivity index (χ3n) is 4.49. The number of hydrogen-bond acceptors (Lipinski definition) is 4. The van der Waals surface area contributed by atoms with Gasteiger partial charge in [0, 0.05) is 6.54 Å². The first kappa shape index (κ1) is 26.8. The molecule has 1 amide bonds. The first-order valence-corrected chi connectivity index (χ1v) is 12.4. The summed E-state index contributed by atoms with van der Waals surface area (Å²) in [5.41, 5.74) is -0.442. The lowest BCUT2D eigenvalue weighted by molar-refractivity contribution is -0.137. The van der Waals surface area contributed by atoms with Crippen LogP contribution < -0.4 is 14.4 Å². The standard InChI is InChI=1S/C22H26ClF3N2O4S/c1-15(2)32-18-9-6-16(7-10-18)5-4-12-27-21(29)14-28(33(3,30)31)20-13-17(22(24,25)26)8-11-19(20)23/h6-11,13,15H,4-5,12,14H2,1-3H3,(H,27,29). The Bertz CT molecular complexity index is 1060. The minimum atomic E-state index is -4.69. The van der Waals surface area contributed by atoms with Crippen LogP contribution in [-0.2, 0) is 27.4 Å². The quantitative estimate of drug-likeness (QED) is 0.475. The fourth-order valence-corrected chi connectivity index (χ4v) is 4.10. The van der Waals surface area contributed by atoms with Gasteiger partial charge in [0.05, 0.1) is 28.6 Å². The van der Waals surface area contributed by atoms with Gasteiger partial charge in [0.2, 0.25) is 15.9 Å². The number of nitrogens with one attached hydrogen (secondary N) is 1. The van der Waals surface area contributed by atoms with Crippen molar-refractivity contribution in [2.75, 3.05) is 23.7 Å². The summed E-state index contributed by atoms with van der Waals surface area (Å²) >= 11 is 5.95. The molecule has 0 saturated heterocycles. The van der Waals surface area contributed by atoms with Crippen LogP contribution in [-0.4, -0.2) is 39.8 Å². The second kappa shape index (κ2) is 11.1. The van der Waals surface area contributed by atoms with Gasteiger partial charge in [0.15, 0.2) is 0 Å². The second-order valence-electron chi connectivity index (χ2n) is 7.70. The maximum absolute atomic E-state index is 13.0. The number of carbonyl (C=O) groups is 1. The molecule has 0 saturated carbocycles. The van der Waals surface area contributed by atoms with Gasteiger partial charge in [0.1, 0.15) is 12.3 Å². The summed E-state index contributed by atoms with van der Waals surface area (Å²) in [7, 11) is -4.08. The van der Waals surface area contributed by atoms with Gasteiger partial charge in [-0.2, -0.15) is 13.2 Å². The smallest absolute Gasteiger partial charge is 0.416 e. The SMILES string of the molecule is CC(C)Oc1ccc(CCCNC(=O)CN(c2cc(C(F)(F)F)ccc2Cl)S(C)(=O)=O)cc1. The fraction of sp³-hybridized carbons (Fsp3) is 0.409. The zero-order valence-electron chi connectivity index (χ0n) is 18.4. The zero-order valence-corrected chi connectivity index (χ0v) is 20.0. The van der Waals surface area contributed by atoms with Crippen molar-refractivity contribution in [3.63, 3.8) is 0 Å². The summed E-state index contributed by atoms with van der Waals surface area (Å²) in [4.78, 5) is 12.3. The molecule has 0 fully saturated rings. The summed E-state index contributed by atoms with van der Waals surface area (Å²) in [6.45, 7) is 3.43. The van der Waals surface area contributed by atoms with E-state index in [4.69, 9.17) is 16.3 Å². The highest BCUT2D eigenvalue weighted by molar-refractivity contribution is 7.92. The first-order valence-electron chi connectivity index (χ1n) is 10.1. The number of nitrogens with zero attached hydrogens (tertiary/aromatic N) is 1. The van der Waals surface area contributed by atoms with Crippen LogP contribution in [0.2, 0.25) is 5.02 Å². The van der Waals surface area contributed by atoms with Crippen molar-refractivity contribution in [2.24, 2.45) is 0 Å². The maximum atomic E-state index is 13.0. The van der Waals surface area contributed by atoms with Crippen molar-refractivity contribution < 1.29 is 31.1 Å². The van der Waals surface area contributed by atoms with Gasteiger partial charge in [0.25, 0.3) is 0 Å². The van der Waals surface area contributed by atoms with E-state index in [1.807, 2.05) is 38.1 Å². The molecule has 0 heterocycles. The van der Waals surface area contributed by atoms with E-state index in [1.165, 1.54) is 0 Å².